The highest BCUT2D eigenvalue weighted by molar-refractivity contribution is 7.92. The Morgan fingerprint density at radius 1 is 1.00 bits per heavy atom. The van der Waals surface area contributed by atoms with Crippen LogP contribution in [0.2, 0.25) is 5.02 Å². The molecule has 0 saturated heterocycles. The molecule has 0 unspecified atom stereocenters. The third-order valence-corrected chi connectivity index (χ3v) is 7.24. The Balaban J connectivity index is 1.72. The molecule has 0 aliphatic carbocycles. The van der Waals surface area contributed by atoms with Crippen molar-refractivity contribution < 1.29 is 17.9 Å². The third-order valence-electron chi connectivity index (χ3n) is 5.21. The number of ether oxygens (including phenoxy) is 1. The van der Waals surface area contributed by atoms with Gasteiger partial charge in [0.05, 0.1) is 17.7 Å². The average Bonchev–Trinajstić information content (AvgIpc) is 2.81. The molecule has 1 N–H and O–H groups in total. The highest BCUT2D eigenvalue weighted by Gasteiger charge is 2.28. The first kappa shape index (κ1) is 24.6. The average molecular weight is 487 g/mol. The molecule has 0 aromatic heterocycles. The summed E-state index contributed by atoms with van der Waals surface area (Å²) in [4.78, 5) is 12.8. The molecule has 0 spiro atoms. The zero-order valence-electron chi connectivity index (χ0n) is 18.6. The van der Waals surface area contributed by atoms with Crippen LogP contribution in [0.15, 0.2) is 77.7 Å². The number of rotatable bonds is 10. The predicted molar refractivity (Wildman–Crippen MR) is 131 cm³/mol. The third kappa shape index (κ3) is 6.27. The number of benzene rings is 3. The normalized spacial score (nSPS) is 11.1. The van der Waals surface area contributed by atoms with E-state index < -0.39 is 10.0 Å². The molecule has 0 atom stereocenters. The van der Waals surface area contributed by atoms with Crippen LogP contribution in [0.1, 0.15) is 17.5 Å². The summed E-state index contributed by atoms with van der Waals surface area (Å²) in [6.45, 7) is 1.90. The Morgan fingerprint density at radius 3 is 2.36 bits per heavy atom. The van der Waals surface area contributed by atoms with E-state index in [4.69, 9.17) is 16.3 Å². The number of aryl methyl sites for hydroxylation is 2. The van der Waals surface area contributed by atoms with Crippen molar-refractivity contribution >= 4 is 33.2 Å². The SMILES string of the molecule is COc1ccccc1CCCNC(=O)CN(c1ccccc1C)S(=O)(=O)c1ccc(Cl)cc1. The Hall–Kier alpha value is -3.03. The van der Waals surface area contributed by atoms with Crippen molar-refractivity contribution in [3.05, 3.63) is 88.9 Å². The minimum atomic E-state index is -3.97. The van der Waals surface area contributed by atoms with Gasteiger partial charge in [-0.15, -0.1) is 0 Å². The van der Waals surface area contributed by atoms with Crippen molar-refractivity contribution in [2.75, 3.05) is 24.5 Å². The number of hydrogen-bond donors (Lipinski definition) is 1. The van der Waals surface area contributed by atoms with Crippen molar-refractivity contribution in [1.29, 1.82) is 0 Å². The summed E-state index contributed by atoms with van der Waals surface area (Å²) >= 11 is 5.92. The summed E-state index contributed by atoms with van der Waals surface area (Å²) in [5.74, 6) is 0.430. The van der Waals surface area contributed by atoms with Crippen molar-refractivity contribution in [3.8, 4) is 5.75 Å². The molecule has 6 nitrogen and oxygen atoms in total. The molecular formula is C25H27ClN2O4S. The Bertz CT molecular complexity index is 1200. The van der Waals surface area contributed by atoms with E-state index in [-0.39, 0.29) is 17.3 Å². The zero-order chi connectivity index (χ0) is 23.8. The van der Waals surface area contributed by atoms with Gasteiger partial charge in [-0.1, -0.05) is 48.0 Å². The first-order chi connectivity index (χ1) is 15.8. The van der Waals surface area contributed by atoms with Crippen LogP contribution in [0, 0.1) is 6.92 Å². The van der Waals surface area contributed by atoms with Crippen LogP contribution < -0.4 is 14.4 Å². The van der Waals surface area contributed by atoms with Crippen LogP contribution in [-0.2, 0) is 21.2 Å². The highest BCUT2D eigenvalue weighted by atomic mass is 35.5. The summed E-state index contributed by atoms with van der Waals surface area (Å²) in [5.41, 5.74) is 2.26. The number of anilines is 1. The van der Waals surface area contributed by atoms with Gasteiger partial charge >= 0.3 is 0 Å². The van der Waals surface area contributed by atoms with E-state index in [1.54, 1.807) is 19.2 Å². The fourth-order valence-corrected chi connectivity index (χ4v) is 5.09. The summed E-state index contributed by atoms with van der Waals surface area (Å²) in [7, 11) is -2.35. The number of nitrogens with one attached hydrogen (secondary N) is 1. The lowest BCUT2D eigenvalue weighted by atomic mass is 10.1. The number of halogens is 1. The van der Waals surface area contributed by atoms with Gasteiger partial charge in [0.1, 0.15) is 12.3 Å². The van der Waals surface area contributed by atoms with Crippen molar-refractivity contribution in [2.45, 2.75) is 24.7 Å². The van der Waals surface area contributed by atoms with Gasteiger partial charge < -0.3 is 10.1 Å². The lowest BCUT2D eigenvalue weighted by Gasteiger charge is -2.25. The van der Waals surface area contributed by atoms with Crippen LogP contribution in [0.3, 0.4) is 0 Å². The quantitative estimate of drug-likeness (QED) is 0.425. The molecule has 3 aromatic rings. The molecule has 174 valence electrons. The summed E-state index contributed by atoms with van der Waals surface area (Å²) in [5, 5.41) is 3.27. The molecule has 0 heterocycles. The summed E-state index contributed by atoms with van der Waals surface area (Å²) in [6, 6.07) is 20.7. The maximum atomic E-state index is 13.4. The minimum Gasteiger partial charge on any atom is -0.496 e. The van der Waals surface area contributed by atoms with Gasteiger partial charge in [-0.2, -0.15) is 0 Å². The molecule has 0 saturated carbocycles. The van der Waals surface area contributed by atoms with Crippen molar-refractivity contribution in [1.82, 2.24) is 5.32 Å². The van der Waals surface area contributed by atoms with E-state index in [0.29, 0.717) is 23.7 Å². The van der Waals surface area contributed by atoms with Crippen LogP contribution in [-0.4, -0.2) is 34.5 Å². The first-order valence-corrected chi connectivity index (χ1v) is 12.4. The maximum absolute atomic E-state index is 13.4. The Morgan fingerprint density at radius 2 is 1.67 bits per heavy atom. The largest absolute Gasteiger partial charge is 0.496 e. The van der Waals surface area contributed by atoms with Crippen molar-refractivity contribution in [2.24, 2.45) is 0 Å². The smallest absolute Gasteiger partial charge is 0.264 e. The molecule has 0 bridgehead atoms. The molecule has 1 amide bonds. The Labute approximate surface area is 200 Å². The molecule has 0 radical (unpaired) electrons. The second kappa shape index (κ2) is 11.2. The standard InChI is InChI=1S/C25H27ClN2O4S/c1-19-8-3-5-11-23(19)28(33(30,31)22-15-13-21(26)14-16-22)18-25(29)27-17-7-10-20-9-4-6-12-24(20)32-2/h3-6,8-9,11-16H,7,10,17-18H2,1-2H3,(H,27,29). The molecule has 3 rings (SSSR count). The van der Waals surface area contributed by atoms with Crippen LogP contribution >= 0.6 is 11.6 Å². The van der Waals surface area contributed by atoms with Gasteiger partial charge in [0.15, 0.2) is 0 Å². The van der Waals surface area contributed by atoms with Crippen molar-refractivity contribution in [3.63, 3.8) is 0 Å². The number of hydrogen-bond acceptors (Lipinski definition) is 4. The van der Waals surface area contributed by atoms with E-state index in [9.17, 15) is 13.2 Å². The van der Waals surface area contributed by atoms with Gasteiger partial charge in [0.25, 0.3) is 10.0 Å². The van der Waals surface area contributed by atoms with Crippen LogP contribution in [0.5, 0.6) is 5.75 Å². The van der Waals surface area contributed by atoms with Gasteiger partial charge in [-0.05, 0) is 67.3 Å². The minimum absolute atomic E-state index is 0.0686. The number of methoxy groups -OCH3 is 1. The summed E-state index contributed by atoms with van der Waals surface area (Å²) < 4.78 is 33.3. The van der Waals surface area contributed by atoms with Crippen LogP contribution in [0.25, 0.3) is 0 Å². The number of para-hydroxylation sites is 2. The second-order valence-corrected chi connectivity index (χ2v) is 9.82. The van der Waals surface area contributed by atoms with Gasteiger partial charge in [0.2, 0.25) is 5.91 Å². The number of amides is 1. The topological polar surface area (TPSA) is 75.7 Å². The molecule has 0 fully saturated rings. The molecule has 33 heavy (non-hydrogen) atoms. The van der Waals surface area contributed by atoms with E-state index in [1.807, 2.05) is 43.3 Å². The fraction of sp³-hybridized carbons (Fsp3) is 0.240. The monoisotopic (exact) mass is 486 g/mol. The summed E-state index contributed by atoms with van der Waals surface area (Å²) in [6.07, 6.45) is 1.43. The lowest BCUT2D eigenvalue weighted by molar-refractivity contribution is -0.119. The number of sulfonamides is 1. The fourth-order valence-electron chi connectivity index (χ4n) is 3.48. The first-order valence-electron chi connectivity index (χ1n) is 10.6. The molecule has 0 aliphatic rings. The van der Waals surface area contributed by atoms with Gasteiger partial charge in [0, 0.05) is 11.6 Å². The van der Waals surface area contributed by atoms with Gasteiger partial charge in [-0.3, -0.25) is 9.10 Å². The zero-order valence-corrected chi connectivity index (χ0v) is 20.2. The van der Waals surface area contributed by atoms with Crippen LogP contribution in [0.4, 0.5) is 5.69 Å². The highest BCUT2D eigenvalue weighted by Crippen LogP contribution is 2.27. The Kier molecular flexibility index (Phi) is 8.36. The molecule has 3 aromatic carbocycles. The van der Waals surface area contributed by atoms with E-state index >= 15 is 0 Å². The molecular weight excluding hydrogens is 460 g/mol. The predicted octanol–water partition coefficient (Wildman–Crippen LogP) is 4.60. The number of carbonyl (C=O) groups excluding carboxylic acids is 1. The lowest BCUT2D eigenvalue weighted by Crippen LogP contribution is -2.41. The maximum Gasteiger partial charge on any atom is 0.264 e. The van der Waals surface area contributed by atoms with E-state index in [2.05, 4.69) is 5.32 Å². The number of carbonyl (C=O) groups is 1. The van der Waals surface area contributed by atoms with Gasteiger partial charge in [-0.25, -0.2) is 8.42 Å². The molecule has 0 aliphatic heterocycles. The van der Waals surface area contributed by atoms with E-state index in [0.717, 1.165) is 27.6 Å². The van der Waals surface area contributed by atoms with E-state index in [1.165, 1.54) is 24.3 Å². The second-order valence-electron chi connectivity index (χ2n) is 7.52. The molecule has 8 heteroatoms. The number of nitrogens with zero attached hydrogens (tertiary/aromatic N) is 1.